The van der Waals surface area contributed by atoms with E-state index in [1.165, 1.54) is 86.7 Å². The molecule has 312 valence electrons. The number of benzene rings is 11. The zero-order chi connectivity index (χ0) is 43.8. The van der Waals surface area contributed by atoms with Gasteiger partial charge in [-0.05, 0) is 122 Å². The van der Waals surface area contributed by atoms with E-state index in [0.717, 1.165) is 44.5 Å². The highest BCUT2D eigenvalue weighted by Crippen LogP contribution is 2.62. The average molecular weight is 871 g/mol. The van der Waals surface area contributed by atoms with Crippen molar-refractivity contribution in [3.8, 4) is 16.8 Å². The second-order valence-corrected chi connectivity index (χ2v) is 19.0. The van der Waals surface area contributed by atoms with Crippen molar-refractivity contribution in [3.63, 3.8) is 0 Å². The highest BCUT2D eigenvalue weighted by molar-refractivity contribution is 7.99. The zero-order valence-electron chi connectivity index (χ0n) is 36.2. The van der Waals surface area contributed by atoms with Gasteiger partial charge in [0, 0.05) is 42.7 Å². The molecular formula is C63H38N2OS. The van der Waals surface area contributed by atoms with Crippen LogP contribution in [0.2, 0.25) is 0 Å². The van der Waals surface area contributed by atoms with Crippen molar-refractivity contribution in [2.45, 2.75) is 15.2 Å². The number of fused-ring (bicyclic) bond motifs is 15. The smallest absolute Gasteiger partial charge is 0.137 e. The van der Waals surface area contributed by atoms with Crippen molar-refractivity contribution in [2.24, 2.45) is 0 Å². The van der Waals surface area contributed by atoms with Crippen LogP contribution >= 0.6 is 11.8 Å². The van der Waals surface area contributed by atoms with Gasteiger partial charge in [-0.15, -0.1) is 0 Å². The molecule has 1 spiro atoms. The Labute approximate surface area is 390 Å². The summed E-state index contributed by atoms with van der Waals surface area (Å²) in [6.45, 7) is 0. The van der Waals surface area contributed by atoms with Crippen molar-refractivity contribution in [1.29, 1.82) is 0 Å². The molecule has 0 saturated carbocycles. The third-order valence-corrected chi connectivity index (χ3v) is 15.8. The topological polar surface area (TPSA) is 21.3 Å². The molecule has 11 aromatic carbocycles. The summed E-state index contributed by atoms with van der Waals surface area (Å²) in [7, 11) is 0. The van der Waals surface area contributed by atoms with Gasteiger partial charge in [0.1, 0.15) is 11.2 Å². The molecule has 1 aliphatic heterocycles. The molecule has 3 heterocycles. The number of rotatable bonds is 4. The van der Waals surface area contributed by atoms with Gasteiger partial charge in [-0.2, -0.15) is 0 Å². The van der Waals surface area contributed by atoms with E-state index in [1.807, 2.05) is 11.8 Å². The molecule has 0 radical (unpaired) electrons. The second-order valence-electron chi connectivity index (χ2n) is 17.9. The quantitative estimate of drug-likeness (QED) is 0.176. The minimum Gasteiger partial charge on any atom is -0.456 e. The first-order valence-corrected chi connectivity index (χ1v) is 23.8. The Morgan fingerprint density at radius 1 is 0.388 bits per heavy atom. The molecular weight excluding hydrogens is 833 g/mol. The van der Waals surface area contributed by atoms with Crippen LogP contribution in [0.25, 0.3) is 82.1 Å². The van der Waals surface area contributed by atoms with E-state index < -0.39 is 5.41 Å². The van der Waals surface area contributed by atoms with Gasteiger partial charge in [0.15, 0.2) is 0 Å². The molecule has 15 rings (SSSR count). The van der Waals surface area contributed by atoms with Crippen LogP contribution in [0.3, 0.4) is 0 Å². The van der Waals surface area contributed by atoms with Gasteiger partial charge in [0.05, 0.1) is 33.2 Å². The summed E-state index contributed by atoms with van der Waals surface area (Å²) in [5.41, 5.74) is 15.6. The molecule has 0 unspecified atom stereocenters. The highest BCUT2D eigenvalue weighted by Gasteiger charge is 2.49. The first kappa shape index (κ1) is 37.0. The van der Waals surface area contributed by atoms with E-state index in [9.17, 15) is 0 Å². The van der Waals surface area contributed by atoms with Crippen molar-refractivity contribution < 1.29 is 4.42 Å². The maximum absolute atomic E-state index is 6.63. The normalized spacial score (nSPS) is 13.4. The minimum atomic E-state index is -0.590. The van der Waals surface area contributed by atoms with E-state index in [0.29, 0.717) is 0 Å². The summed E-state index contributed by atoms with van der Waals surface area (Å²) in [5, 5.41) is 9.60. The Morgan fingerprint density at radius 3 is 1.87 bits per heavy atom. The number of anilines is 3. The van der Waals surface area contributed by atoms with E-state index in [4.69, 9.17) is 4.42 Å². The van der Waals surface area contributed by atoms with Crippen molar-refractivity contribution in [2.75, 3.05) is 4.90 Å². The monoisotopic (exact) mass is 870 g/mol. The van der Waals surface area contributed by atoms with Gasteiger partial charge >= 0.3 is 0 Å². The lowest BCUT2D eigenvalue weighted by molar-refractivity contribution is 0.669. The molecule has 0 fully saturated rings. The van der Waals surface area contributed by atoms with Crippen LogP contribution < -0.4 is 4.90 Å². The van der Waals surface area contributed by atoms with Crippen molar-refractivity contribution in [1.82, 2.24) is 4.57 Å². The van der Waals surface area contributed by atoms with E-state index >= 15 is 0 Å². The van der Waals surface area contributed by atoms with Gasteiger partial charge in [-0.1, -0.05) is 169 Å². The number of furan rings is 1. The van der Waals surface area contributed by atoms with Crippen LogP contribution in [-0.2, 0) is 5.41 Å². The maximum Gasteiger partial charge on any atom is 0.137 e. The number of hydrogen-bond donors (Lipinski definition) is 0. The van der Waals surface area contributed by atoms with Crippen molar-refractivity contribution >= 4 is 94.1 Å². The van der Waals surface area contributed by atoms with Gasteiger partial charge in [0.2, 0.25) is 0 Å². The lowest BCUT2D eigenvalue weighted by Gasteiger charge is -2.46. The molecule has 0 bridgehead atoms. The van der Waals surface area contributed by atoms with E-state index in [2.05, 4.69) is 240 Å². The van der Waals surface area contributed by atoms with Crippen LogP contribution in [0.4, 0.5) is 17.1 Å². The zero-order valence-corrected chi connectivity index (χ0v) is 37.0. The summed E-state index contributed by atoms with van der Waals surface area (Å²) in [6, 6.07) is 85.3. The van der Waals surface area contributed by atoms with Gasteiger partial charge in [0.25, 0.3) is 0 Å². The minimum absolute atomic E-state index is 0.590. The fraction of sp³-hybridized carbons (Fsp3) is 0.0159. The van der Waals surface area contributed by atoms with Crippen LogP contribution in [0, 0.1) is 0 Å². The van der Waals surface area contributed by atoms with Crippen LogP contribution in [0.15, 0.2) is 245 Å². The van der Waals surface area contributed by atoms with Gasteiger partial charge in [-0.25, -0.2) is 0 Å². The summed E-state index contributed by atoms with van der Waals surface area (Å²) >= 11 is 1.88. The molecule has 4 heteroatoms. The SMILES string of the molecule is c1ccc2c(c1)Sc1ccccc1C21c2cc(N(c3ccc4c(c3)c3ccccc3n4-c3cccc4ccccc34)c3cccc4oc5ccccc5c34)ccc2-c2cccc3cccc1c23. The molecule has 67 heavy (non-hydrogen) atoms. The molecule has 1 aliphatic carbocycles. The molecule has 2 aliphatic rings. The van der Waals surface area contributed by atoms with Gasteiger partial charge in [-0.3, -0.25) is 0 Å². The number of aromatic nitrogens is 1. The second kappa shape index (κ2) is 13.9. The fourth-order valence-corrected chi connectivity index (χ4v) is 13.1. The van der Waals surface area contributed by atoms with E-state index in [1.54, 1.807) is 0 Å². The van der Waals surface area contributed by atoms with E-state index in [-0.39, 0.29) is 0 Å². The molecule has 2 aromatic heterocycles. The molecule has 0 saturated heterocycles. The summed E-state index contributed by atoms with van der Waals surface area (Å²) in [5.74, 6) is 0. The Kier molecular flexibility index (Phi) is 7.64. The fourth-order valence-electron chi connectivity index (χ4n) is 11.9. The standard InChI is InChI=1S/C63H38N2OS/c1-2-19-43-39(15-1)16-13-27-53(43)65-54-26-7-3-20-45(54)48-37-41(34-36-55(48)65)64(56-28-14-30-58-62(56)47-21-4-8-29-57(47)66-58)42-33-35-44-46-22-11-17-40-18-12-25-51(61(40)46)63(52(44)38-42)49-23-5-9-31-59(49)67-60-32-10-6-24-50(60)63/h1-38H. The molecule has 0 amide bonds. The van der Waals surface area contributed by atoms with Crippen molar-refractivity contribution in [3.05, 3.63) is 253 Å². The van der Waals surface area contributed by atoms with Crippen LogP contribution in [-0.4, -0.2) is 4.57 Å². The van der Waals surface area contributed by atoms with Crippen LogP contribution in [0.1, 0.15) is 22.3 Å². The number of hydrogen-bond acceptors (Lipinski definition) is 3. The Bertz CT molecular complexity index is 4180. The third-order valence-electron chi connectivity index (χ3n) is 14.6. The lowest BCUT2D eigenvalue weighted by Crippen LogP contribution is -2.36. The number of nitrogens with zero attached hydrogens (tertiary/aromatic N) is 2. The first-order valence-electron chi connectivity index (χ1n) is 23.0. The molecule has 0 atom stereocenters. The molecule has 13 aromatic rings. The average Bonchev–Trinajstić information content (AvgIpc) is 3.93. The Hall–Kier alpha value is -8.31. The lowest BCUT2D eigenvalue weighted by atomic mass is 9.59. The predicted molar refractivity (Wildman–Crippen MR) is 279 cm³/mol. The maximum atomic E-state index is 6.63. The Balaban J connectivity index is 1.06. The molecule has 3 nitrogen and oxygen atoms in total. The predicted octanol–water partition coefficient (Wildman–Crippen LogP) is 17.3. The summed E-state index contributed by atoms with van der Waals surface area (Å²) in [6.07, 6.45) is 0. The number of para-hydroxylation sites is 2. The largest absolute Gasteiger partial charge is 0.456 e. The summed E-state index contributed by atoms with van der Waals surface area (Å²) in [4.78, 5) is 5.06. The Morgan fingerprint density at radius 2 is 1.00 bits per heavy atom. The first-order chi connectivity index (χ1) is 33.2. The van der Waals surface area contributed by atoms with Gasteiger partial charge < -0.3 is 13.9 Å². The summed E-state index contributed by atoms with van der Waals surface area (Å²) < 4.78 is 9.07. The van der Waals surface area contributed by atoms with Crippen LogP contribution in [0.5, 0.6) is 0 Å². The highest BCUT2D eigenvalue weighted by atomic mass is 32.2. The molecule has 0 N–H and O–H groups in total. The third kappa shape index (κ3) is 5.03.